The quantitative estimate of drug-likeness (QED) is 0.385. The van der Waals surface area contributed by atoms with E-state index >= 15 is 0 Å². The molecule has 11 heteroatoms. The fraction of sp³-hybridized carbons (Fsp3) is 0.400. The van der Waals surface area contributed by atoms with Gasteiger partial charge in [-0.25, -0.2) is 4.98 Å². The standard InChI is InChI=1S/C25H27F3N4O4/c1-24(2)11-3-4-17(13-24)32-20-10-5-15(22(35)29-14-21(33)34)12-19(20)31-23(32)30-16-6-8-18(9-7-16)36-25(26,27)28/h5-10,12,17H,3-4,11,13-14H2,1-2H3,(H,29,35)(H,30,31)(H,33,34). The van der Waals surface area contributed by atoms with Crippen molar-refractivity contribution in [2.75, 3.05) is 11.9 Å². The lowest BCUT2D eigenvalue weighted by Crippen LogP contribution is -2.29. The topological polar surface area (TPSA) is 105 Å². The summed E-state index contributed by atoms with van der Waals surface area (Å²) in [6, 6.07) is 10.5. The number of amides is 1. The van der Waals surface area contributed by atoms with Gasteiger partial charge in [-0.05, 0) is 67.1 Å². The number of rotatable bonds is 7. The van der Waals surface area contributed by atoms with Crippen LogP contribution >= 0.6 is 0 Å². The summed E-state index contributed by atoms with van der Waals surface area (Å²) in [6.45, 7) is 3.94. The van der Waals surface area contributed by atoms with Crippen LogP contribution < -0.4 is 15.4 Å². The van der Waals surface area contributed by atoms with Gasteiger partial charge in [0.25, 0.3) is 5.91 Å². The minimum absolute atomic E-state index is 0.126. The predicted molar refractivity (Wildman–Crippen MR) is 127 cm³/mol. The van der Waals surface area contributed by atoms with Crippen LogP contribution in [0.4, 0.5) is 24.8 Å². The number of carbonyl (C=O) groups excluding carboxylic acids is 1. The molecule has 0 spiro atoms. The number of nitrogens with one attached hydrogen (secondary N) is 2. The third kappa shape index (κ3) is 6.07. The van der Waals surface area contributed by atoms with Crippen LogP contribution in [0, 0.1) is 5.41 Å². The number of carboxylic acid groups (broad SMARTS) is 1. The van der Waals surface area contributed by atoms with Gasteiger partial charge in [0.2, 0.25) is 5.95 Å². The summed E-state index contributed by atoms with van der Waals surface area (Å²) in [5.74, 6) is -1.50. The lowest BCUT2D eigenvalue weighted by Gasteiger charge is -2.36. The Morgan fingerprint density at radius 3 is 2.56 bits per heavy atom. The molecule has 1 unspecified atom stereocenters. The maximum Gasteiger partial charge on any atom is 0.573 e. The molecular weight excluding hydrogens is 477 g/mol. The molecule has 1 aliphatic rings. The largest absolute Gasteiger partial charge is 0.573 e. The number of ether oxygens (including phenoxy) is 1. The molecule has 1 fully saturated rings. The average molecular weight is 505 g/mol. The van der Waals surface area contributed by atoms with Crippen LogP contribution in [0.2, 0.25) is 0 Å². The fourth-order valence-corrected chi connectivity index (χ4v) is 4.70. The van der Waals surface area contributed by atoms with E-state index in [2.05, 4.69) is 33.8 Å². The molecule has 8 nitrogen and oxygen atoms in total. The van der Waals surface area contributed by atoms with Gasteiger partial charge in [-0.15, -0.1) is 13.2 Å². The number of benzene rings is 2. The molecule has 3 aromatic rings. The van der Waals surface area contributed by atoms with Crippen molar-refractivity contribution in [3.63, 3.8) is 0 Å². The van der Waals surface area contributed by atoms with E-state index in [4.69, 9.17) is 10.1 Å². The highest BCUT2D eigenvalue weighted by Gasteiger charge is 2.32. The Bertz CT molecular complexity index is 1270. The number of anilines is 2. The summed E-state index contributed by atoms with van der Waals surface area (Å²) >= 11 is 0. The summed E-state index contributed by atoms with van der Waals surface area (Å²) < 4.78 is 43.5. The molecule has 0 saturated heterocycles. The first-order valence-corrected chi connectivity index (χ1v) is 11.5. The zero-order valence-electron chi connectivity index (χ0n) is 19.9. The molecule has 1 saturated carbocycles. The van der Waals surface area contributed by atoms with Gasteiger partial charge in [0.1, 0.15) is 12.3 Å². The number of alkyl halides is 3. The van der Waals surface area contributed by atoms with Crippen molar-refractivity contribution in [3.8, 4) is 5.75 Å². The normalized spacial score (nSPS) is 17.5. The second kappa shape index (κ2) is 9.71. The number of imidazole rings is 1. The second-order valence-electron chi connectivity index (χ2n) is 9.70. The van der Waals surface area contributed by atoms with Crippen LogP contribution in [-0.2, 0) is 4.79 Å². The van der Waals surface area contributed by atoms with E-state index in [1.165, 1.54) is 24.3 Å². The van der Waals surface area contributed by atoms with E-state index in [1.807, 2.05) is 0 Å². The van der Waals surface area contributed by atoms with Crippen LogP contribution in [0.15, 0.2) is 42.5 Å². The first-order valence-electron chi connectivity index (χ1n) is 11.5. The number of nitrogens with zero attached hydrogens (tertiary/aromatic N) is 2. The van der Waals surface area contributed by atoms with Gasteiger partial charge in [0.05, 0.1) is 11.0 Å². The second-order valence-corrected chi connectivity index (χ2v) is 9.70. The summed E-state index contributed by atoms with van der Waals surface area (Å²) in [6.07, 6.45) is -0.788. The third-order valence-corrected chi connectivity index (χ3v) is 6.24. The van der Waals surface area contributed by atoms with E-state index in [1.54, 1.807) is 18.2 Å². The molecule has 1 heterocycles. The molecule has 0 aliphatic heterocycles. The van der Waals surface area contributed by atoms with Crippen LogP contribution in [0.1, 0.15) is 55.9 Å². The Hall–Kier alpha value is -3.76. The van der Waals surface area contributed by atoms with Crippen molar-refractivity contribution < 1.29 is 32.6 Å². The Balaban J connectivity index is 1.68. The van der Waals surface area contributed by atoms with Gasteiger partial charge < -0.3 is 25.0 Å². The molecule has 0 bridgehead atoms. The molecule has 0 radical (unpaired) electrons. The van der Waals surface area contributed by atoms with Crippen LogP contribution in [0.5, 0.6) is 5.75 Å². The number of carboxylic acids is 1. The Morgan fingerprint density at radius 2 is 1.92 bits per heavy atom. The highest BCUT2D eigenvalue weighted by atomic mass is 19.4. The summed E-state index contributed by atoms with van der Waals surface area (Å²) in [4.78, 5) is 27.9. The summed E-state index contributed by atoms with van der Waals surface area (Å²) in [7, 11) is 0. The van der Waals surface area contributed by atoms with Gasteiger partial charge in [-0.1, -0.05) is 20.3 Å². The third-order valence-electron chi connectivity index (χ3n) is 6.24. The van der Waals surface area contributed by atoms with Gasteiger partial charge in [-0.2, -0.15) is 0 Å². The Labute approximate surface area is 205 Å². The van der Waals surface area contributed by atoms with Crippen LogP contribution in [0.3, 0.4) is 0 Å². The molecular formula is C25H27F3N4O4. The van der Waals surface area contributed by atoms with Crippen molar-refractivity contribution in [1.29, 1.82) is 0 Å². The number of carbonyl (C=O) groups is 2. The number of aliphatic carboxylic acids is 1. The Morgan fingerprint density at radius 1 is 1.19 bits per heavy atom. The number of hydrogen-bond donors (Lipinski definition) is 3. The highest BCUT2D eigenvalue weighted by molar-refractivity contribution is 5.99. The van der Waals surface area contributed by atoms with Gasteiger partial charge >= 0.3 is 12.3 Å². The lowest BCUT2D eigenvalue weighted by molar-refractivity contribution is -0.274. The van der Waals surface area contributed by atoms with Gasteiger partial charge in [0.15, 0.2) is 0 Å². The van der Waals surface area contributed by atoms with Crippen molar-refractivity contribution in [2.45, 2.75) is 51.9 Å². The van der Waals surface area contributed by atoms with Crippen LogP contribution in [0.25, 0.3) is 11.0 Å². The monoisotopic (exact) mass is 504 g/mol. The molecule has 3 N–H and O–H groups in total. The minimum Gasteiger partial charge on any atom is -0.480 e. The van der Waals surface area contributed by atoms with Crippen LogP contribution in [-0.4, -0.2) is 39.4 Å². The van der Waals surface area contributed by atoms with E-state index in [9.17, 15) is 22.8 Å². The van der Waals surface area contributed by atoms with Crippen molar-refractivity contribution in [1.82, 2.24) is 14.9 Å². The van der Waals surface area contributed by atoms with E-state index < -0.39 is 24.8 Å². The molecule has 1 amide bonds. The van der Waals surface area contributed by atoms with Gasteiger partial charge in [0, 0.05) is 17.3 Å². The number of aromatic nitrogens is 2. The maximum atomic E-state index is 12.5. The molecule has 4 rings (SSSR count). The first kappa shape index (κ1) is 25.3. The molecule has 2 aromatic carbocycles. The maximum absolute atomic E-state index is 12.5. The predicted octanol–water partition coefficient (Wildman–Crippen LogP) is 5.63. The average Bonchev–Trinajstić information content (AvgIpc) is 3.14. The summed E-state index contributed by atoms with van der Waals surface area (Å²) in [5, 5.41) is 14.4. The van der Waals surface area contributed by atoms with E-state index in [0.717, 1.165) is 31.2 Å². The number of halogens is 3. The fourth-order valence-electron chi connectivity index (χ4n) is 4.70. The number of fused-ring (bicyclic) bond motifs is 1. The molecule has 1 aliphatic carbocycles. The van der Waals surface area contributed by atoms with E-state index in [-0.39, 0.29) is 22.8 Å². The van der Waals surface area contributed by atoms with Crippen molar-refractivity contribution in [2.24, 2.45) is 5.41 Å². The molecule has 1 atom stereocenters. The minimum atomic E-state index is -4.77. The zero-order valence-corrected chi connectivity index (χ0v) is 19.9. The van der Waals surface area contributed by atoms with Crippen molar-refractivity contribution >= 4 is 34.5 Å². The highest BCUT2D eigenvalue weighted by Crippen LogP contribution is 2.43. The zero-order chi connectivity index (χ0) is 26.1. The molecule has 1 aromatic heterocycles. The van der Waals surface area contributed by atoms with Gasteiger partial charge in [-0.3, -0.25) is 9.59 Å². The lowest BCUT2D eigenvalue weighted by atomic mass is 9.75. The Kier molecular flexibility index (Phi) is 6.83. The number of hydrogen-bond acceptors (Lipinski definition) is 5. The smallest absolute Gasteiger partial charge is 0.480 e. The SMILES string of the molecule is CC1(C)CCCC(n2c(Nc3ccc(OC(F)(F)F)cc3)nc3cc(C(=O)NCC(=O)O)ccc32)C1. The molecule has 36 heavy (non-hydrogen) atoms. The summed E-state index contributed by atoms with van der Waals surface area (Å²) in [5.41, 5.74) is 2.27. The van der Waals surface area contributed by atoms with Crippen molar-refractivity contribution in [3.05, 3.63) is 48.0 Å². The first-order chi connectivity index (χ1) is 16.9. The van der Waals surface area contributed by atoms with E-state index in [0.29, 0.717) is 17.2 Å². The molecule has 192 valence electrons.